The number of halogens is 2. The third-order valence-corrected chi connectivity index (χ3v) is 7.76. The average molecular weight is 752 g/mol. The summed E-state index contributed by atoms with van der Waals surface area (Å²) in [4.78, 5) is 36.4. The Morgan fingerprint density at radius 2 is 1.58 bits per heavy atom. The minimum Gasteiger partial charge on any atom is -0.506 e. The monoisotopic (exact) mass is 750 g/mol. The fourth-order valence-corrected chi connectivity index (χ4v) is 5.45. The molecule has 0 fully saturated rings. The summed E-state index contributed by atoms with van der Waals surface area (Å²) in [5.74, 6) is -0.545. The number of fused-ring (bicyclic) bond motifs is 1. The SMILES string of the molecule is COC(=O)C(CBr)CBr.COC(=O)C1COc2ccccc2N(C(=O)OC(C)(C)C)C1.Nc1ccc(-c2ccccc2)cc1O. The van der Waals surface area contributed by atoms with Gasteiger partial charge in [-0.25, -0.2) is 4.79 Å². The van der Waals surface area contributed by atoms with Crippen LogP contribution in [0.5, 0.6) is 11.5 Å². The van der Waals surface area contributed by atoms with Crippen LogP contribution in [0.1, 0.15) is 20.8 Å². The number of amides is 1. The summed E-state index contributed by atoms with van der Waals surface area (Å²) in [7, 11) is 2.71. The van der Waals surface area contributed by atoms with Crippen LogP contribution >= 0.6 is 31.9 Å². The van der Waals surface area contributed by atoms with Crippen LogP contribution in [0.4, 0.5) is 16.2 Å². The predicted molar refractivity (Wildman–Crippen MR) is 182 cm³/mol. The van der Waals surface area contributed by atoms with Gasteiger partial charge < -0.3 is 29.8 Å². The number of carbonyl (C=O) groups excluding carboxylic acids is 3. The van der Waals surface area contributed by atoms with Crippen molar-refractivity contribution in [1.82, 2.24) is 0 Å². The third-order valence-electron chi connectivity index (χ3n) is 6.19. The molecule has 1 aliphatic rings. The molecular formula is C33H40Br2N2O8. The third kappa shape index (κ3) is 11.9. The Morgan fingerprint density at radius 3 is 2.11 bits per heavy atom. The van der Waals surface area contributed by atoms with Crippen LogP contribution in [0, 0.1) is 11.8 Å². The topological polar surface area (TPSA) is 138 Å². The molecule has 0 spiro atoms. The first-order chi connectivity index (χ1) is 21.3. The molecule has 45 heavy (non-hydrogen) atoms. The van der Waals surface area contributed by atoms with E-state index in [2.05, 4.69) is 36.6 Å². The highest BCUT2D eigenvalue weighted by Gasteiger charge is 2.34. The van der Waals surface area contributed by atoms with Gasteiger partial charge in [0.05, 0.1) is 31.5 Å². The van der Waals surface area contributed by atoms with Gasteiger partial charge in [-0.3, -0.25) is 14.5 Å². The van der Waals surface area contributed by atoms with Crippen molar-refractivity contribution in [3.63, 3.8) is 0 Å². The lowest BCUT2D eigenvalue weighted by Gasteiger charge is -2.27. The lowest BCUT2D eigenvalue weighted by Crippen LogP contribution is -2.41. The average Bonchev–Trinajstić information content (AvgIpc) is 3.23. The molecule has 0 saturated heterocycles. The van der Waals surface area contributed by atoms with E-state index in [0.717, 1.165) is 11.1 Å². The van der Waals surface area contributed by atoms with Crippen molar-refractivity contribution in [1.29, 1.82) is 0 Å². The Balaban J connectivity index is 0.000000262. The number of aromatic hydroxyl groups is 1. The number of nitrogen functional groups attached to an aromatic ring is 1. The number of esters is 2. The Bertz CT molecular complexity index is 1390. The van der Waals surface area contributed by atoms with E-state index in [1.165, 1.54) is 19.1 Å². The highest BCUT2D eigenvalue weighted by molar-refractivity contribution is 9.09. The van der Waals surface area contributed by atoms with Gasteiger partial charge in [-0.05, 0) is 56.2 Å². The first-order valence-electron chi connectivity index (χ1n) is 14.0. The van der Waals surface area contributed by atoms with Crippen molar-refractivity contribution in [3.8, 4) is 22.6 Å². The van der Waals surface area contributed by atoms with E-state index in [0.29, 0.717) is 27.8 Å². The van der Waals surface area contributed by atoms with Crippen LogP contribution < -0.4 is 15.4 Å². The number of hydrogen-bond donors (Lipinski definition) is 2. The second-order valence-corrected chi connectivity index (χ2v) is 12.1. The van der Waals surface area contributed by atoms with Crippen molar-refractivity contribution in [2.75, 3.05) is 48.7 Å². The standard InChI is InChI=1S/C16H21NO5.C12H11NO.C5H8Br2O2/c1-16(2,3)22-15(19)17-9-11(14(18)20-4)10-21-13-8-6-5-7-12(13)17;13-11-7-6-10(8-12(11)14)9-4-2-1-3-5-9;1-9-5(8)4(2-6)3-7/h5-8,11H,9-10H2,1-4H3;1-8,14H,13H2;4H,2-3H2,1H3. The number of ether oxygens (including phenoxy) is 4. The van der Waals surface area contributed by atoms with Crippen molar-refractivity contribution in [2.45, 2.75) is 26.4 Å². The number of nitrogens with zero attached hydrogens (tertiary/aromatic N) is 1. The molecule has 1 amide bonds. The van der Waals surface area contributed by atoms with Crippen LogP contribution in [0.15, 0.2) is 72.8 Å². The number of phenolic OH excluding ortho intramolecular Hbond substituents is 1. The second kappa shape index (κ2) is 18.3. The second-order valence-electron chi connectivity index (χ2n) is 10.8. The minimum absolute atomic E-state index is 0.0602. The van der Waals surface area contributed by atoms with Gasteiger partial charge >= 0.3 is 18.0 Å². The summed E-state index contributed by atoms with van der Waals surface area (Å²) in [6, 6.07) is 22.3. The number of para-hydroxylation sites is 2. The molecule has 244 valence electrons. The first kappa shape index (κ1) is 37.4. The van der Waals surface area contributed by atoms with Crippen LogP contribution in [0.2, 0.25) is 0 Å². The maximum absolute atomic E-state index is 12.5. The highest BCUT2D eigenvalue weighted by atomic mass is 79.9. The summed E-state index contributed by atoms with van der Waals surface area (Å²) < 4.78 is 20.3. The number of benzene rings is 3. The lowest BCUT2D eigenvalue weighted by molar-refractivity contribution is -0.146. The molecule has 1 unspecified atom stereocenters. The van der Waals surface area contributed by atoms with Gasteiger partial charge in [0, 0.05) is 17.2 Å². The van der Waals surface area contributed by atoms with Gasteiger partial charge in [-0.1, -0.05) is 80.4 Å². The molecule has 0 radical (unpaired) electrons. The van der Waals surface area contributed by atoms with Gasteiger partial charge in [0.1, 0.15) is 29.6 Å². The number of hydrogen-bond acceptors (Lipinski definition) is 9. The Kier molecular flexibility index (Phi) is 15.2. The molecule has 0 saturated carbocycles. The minimum atomic E-state index is -0.625. The van der Waals surface area contributed by atoms with Crippen LogP contribution in [0.3, 0.4) is 0 Å². The fraction of sp³-hybridized carbons (Fsp3) is 0.364. The van der Waals surface area contributed by atoms with Gasteiger partial charge in [-0.2, -0.15) is 0 Å². The molecule has 3 aromatic carbocycles. The molecule has 1 aliphatic heterocycles. The molecule has 10 nitrogen and oxygen atoms in total. The zero-order chi connectivity index (χ0) is 33.6. The molecular weight excluding hydrogens is 712 g/mol. The zero-order valence-electron chi connectivity index (χ0n) is 26.0. The number of nitrogens with two attached hydrogens (primary N) is 1. The summed E-state index contributed by atoms with van der Waals surface area (Å²) in [6.45, 7) is 5.69. The van der Waals surface area contributed by atoms with Crippen LogP contribution in [-0.4, -0.2) is 66.8 Å². The number of rotatable bonds is 5. The number of phenols is 1. The molecule has 4 rings (SSSR count). The maximum Gasteiger partial charge on any atom is 0.414 e. The largest absolute Gasteiger partial charge is 0.506 e. The number of anilines is 2. The van der Waals surface area contributed by atoms with Crippen molar-refractivity contribution in [3.05, 3.63) is 72.8 Å². The van der Waals surface area contributed by atoms with Crippen molar-refractivity contribution in [2.24, 2.45) is 11.8 Å². The molecule has 0 bridgehead atoms. The molecule has 0 aliphatic carbocycles. The van der Waals surface area contributed by atoms with E-state index in [-0.39, 0.29) is 30.8 Å². The van der Waals surface area contributed by atoms with E-state index in [1.807, 2.05) is 42.5 Å². The van der Waals surface area contributed by atoms with Crippen LogP contribution in [0.25, 0.3) is 11.1 Å². The molecule has 3 N–H and O–H groups in total. The molecule has 1 heterocycles. The Morgan fingerprint density at radius 1 is 0.956 bits per heavy atom. The number of alkyl halides is 2. The maximum atomic E-state index is 12.5. The summed E-state index contributed by atoms with van der Waals surface area (Å²) in [6.07, 6.45) is -0.514. The van der Waals surface area contributed by atoms with Crippen molar-refractivity contribution >= 4 is 61.3 Å². The van der Waals surface area contributed by atoms with E-state index >= 15 is 0 Å². The van der Waals surface area contributed by atoms with Gasteiger partial charge in [0.2, 0.25) is 0 Å². The number of carbonyl (C=O) groups is 3. The summed E-state index contributed by atoms with van der Waals surface area (Å²) in [5.41, 5.74) is 7.93. The molecule has 12 heteroatoms. The van der Waals surface area contributed by atoms with Gasteiger partial charge in [-0.15, -0.1) is 0 Å². The Hall–Kier alpha value is -3.77. The predicted octanol–water partition coefficient (Wildman–Crippen LogP) is 6.82. The van der Waals surface area contributed by atoms with Crippen molar-refractivity contribution < 1.29 is 38.4 Å². The lowest BCUT2D eigenvalue weighted by atomic mass is 10.1. The highest BCUT2D eigenvalue weighted by Crippen LogP contribution is 2.33. The molecule has 0 aromatic heterocycles. The normalized spacial score (nSPS) is 13.8. The zero-order valence-corrected chi connectivity index (χ0v) is 29.2. The number of methoxy groups -OCH3 is 2. The smallest absolute Gasteiger partial charge is 0.414 e. The Labute approximate surface area is 281 Å². The van der Waals surface area contributed by atoms with E-state index in [9.17, 15) is 19.5 Å². The van der Waals surface area contributed by atoms with E-state index < -0.39 is 23.6 Å². The van der Waals surface area contributed by atoms with E-state index in [1.54, 1.807) is 51.1 Å². The first-order valence-corrected chi connectivity index (χ1v) is 16.2. The summed E-state index contributed by atoms with van der Waals surface area (Å²) in [5, 5.41) is 10.7. The molecule has 3 aromatic rings. The van der Waals surface area contributed by atoms with Gasteiger partial charge in [0.15, 0.2) is 0 Å². The quantitative estimate of drug-likeness (QED) is 0.0947. The van der Waals surface area contributed by atoms with Gasteiger partial charge in [0.25, 0.3) is 0 Å². The van der Waals surface area contributed by atoms with E-state index in [4.69, 9.17) is 19.9 Å². The van der Waals surface area contributed by atoms with Crippen LogP contribution in [-0.2, 0) is 23.8 Å². The fourth-order valence-electron chi connectivity index (χ4n) is 3.85. The molecule has 1 atom stereocenters. The summed E-state index contributed by atoms with van der Waals surface area (Å²) >= 11 is 6.37.